The number of nitro groups is 1. The van der Waals surface area contributed by atoms with E-state index in [0.29, 0.717) is 11.5 Å². The molecule has 0 aromatic heterocycles. The maximum atomic E-state index is 10.7. The summed E-state index contributed by atoms with van der Waals surface area (Å²) in [5.74, 6) is 0.363. The molecular weight excluding hydrogens is 328 g/mol. The molecule has 1 aliphatic heterocycles. The lowest BCUT2D eigenvalue weighted by atomic mass is 10.0. The predicted molar refractivity (Wildman–Crippen MR) is 92.8 cm³/mol. The van der Waals surface area contributed by atoms with Crippen LogP contribution in [0.3, 0.4) is 0 Å². The maximum absolute atomic E-state index is 10.7. The molecule has 0 aliphatic carbocycles. The topological polar surface area (TPSA) is 85.0 Å². The summed E-state index contributed by atoms with van der Waals surface area (Å²) in [7, 11) is 0. The largest absolute Gasteiger partial charge is 0.467 e. The Morgan fingerprint density at radius 2 is 2.00 bits per heavy atom. The molecule has 24 heavy (non-hydrogen) atoms. The van der Waals surface area contributed by atoms with E-state index in [-0.39, 0.29) is 12.3 Å². The van der Waals surface area contributed by atoms with Crippen molar-refractivity contribution in [3.63, 3.8) is 0 Å². The average molecular weight is 344 g/mol. The lowest BCUT2D eigenvalue weighted by Gasteiger charge is -2.18. The number of benzene rings is 2. The standard InChI is InChI=1S/C17H16N2O4S/c1-10-2-7-13(15(24)8-10)16-14(9-20)18-17(23-16)11-3-5-12(6-4-11)19(21)22/h2-8,14,16,20,24H,9H2,1H3. The number of nitro benzene ring substituents is 1. The van der Waals surface area contributed by atoms with E-state index in [9.17, 15) is 15.2 Å². The lowest BCUT2D eigenvalue weighted by Crippen LogP contribution is -2.18. The smallest absolute Gasteiger partial charge is 0.269 e. The first-order valence-electron chi connectivity index (χ1n) is 7.39. The summed E-state index contributed by atoms with van der Waals surface area (Å²) in [5.41, 5.74) is 2.57. The minimum absolute atomic E-state index is 0.00350. The Balaban J connectivity index is 1.88. The number of aliphatic hydroxyl groups excluding tert-OH is 1. The van der Waals surface area contributed by atoms with Gasteiger partial charge in [0.1, 0.15) is 6.04 Å². The van der Waals surface area contributed by atoms with Crippen LogP contribution in [0.5, 0.6) is 0 Å². The van der Waals surface area contributed by atoms with Crippen molar-refractivity contribution in [2.75, 3.05) is 6.61 Å². The highest BCUT2D eigenvalue weighted by molar-refractivity contribution is 7.80. The van der Waals surface area contributed by atoms with Crippen LogP contribution in [0.2, 0.25) is 0 Å². The van der Waals surface area contributed by atoms with Gasteiger partial charge in [0.15, 0.2) is 6.10 Å². The van der Waals surface area contributed by atoms with Gasteiger partial charge in [-0.1, -0.05) is 17.7 Å². The van der Waals surface area contributed by atoms with Gasteiger partial charge in [-0.05, 0) is 25.1 Å². The molecule has 6 nitrogen and oxygen atoms in total. The fraction of sp³-hybridized carbons (Fsp3) is 0.235. The Morgan fingerprint density at radius 1 is 1.29 bits per heavy atom. The van der Waals surface area contributed by atoms with Crippen LogP contribution in [0.4, 0.5) is 5.69 Å². The second-order valence-corrected chi connectivity index (χ2v) is 6.07. The summed E-state index contributed by atoms with van der Waals surface area (Å²) in [4.78, 5) is 15.5. The third kappa shape index (κ3) is 3.13. The third-order valence-electron chi connectivity index (χ3n) is 3.88. The maximum Gasteiger partial charge on any atom is 0.269 e. The molecule has 3 rings (SSSR count). The van der Waals surface area contributed by atoms with Gasteiger partial charge in [-0.15, -0.1) is 12.6 Å². The quantitative estimate of drug-likeness (QED) is 0.507. The molecule has 2 aromatic rings. The van der Waals surface area contributed by atoms with Crippen LogP contribution in [0.25, 0.3) is 0 Å². The zero-order chi connectivity index (χ0) is 17.3. The van der Waals surface area contributed by atoms with Crippen LogP contribution in [0, 0.1) is 17.0 Å². The van der Waals surface area contributed by atoms with Gasteiger partial charge < -0.3 is 9.84 Å². The molecule has 1 heterocycles. The Labute approximate surface area is 144 Å². The minimum Gasteiger partial charge on any atom is -0.467 e. The molecule has 0 bridgehead atoms. The number of thiol groups is 1. The summed E-state index contributed by atoms with van der Waals surface area (Å²) in [6.45, 7) is 1.81. The lowest BCUT2D eigenvalue weighted by molar-refractivity contribution is -0.384. The predicted octanol–water partition coefficient (Wildman–Crippen LogP) is 3.07. The molecule has 0 radical (unpaired) electrons. The number of non-ortho nitro benzene ring substituents is 1. The van der Waals surface area contributed by atoms with Crippen LogP contribution in [-0.2, 0) is 4.74 Å². The van der Waals surface area contributed by atoms with Crippen LogP contribution in [0.1, 0.15) is 22.8 Å². The molecule has 1 aliphatic rings. The van der Waals surface area contributed by atoms with Gasteiger partial charge in [0, 0.05) is 28.2 Å². The first-order valence-corrected chi connectivity index (χ1v) is 7.84. The molecule has 1 N–H and O–H groups in total. The van der Waals surface area contributed by atoms with Crippen molar-refractivity contribution in [3.8, 4) is 0 Å². The number of aryl methyl sites for hydroxylation is 1. The number of rotatable bonds is 4. The van der Waals surface area contributed by atoms with Gasteiger partial charge in [-0.2, -0.15) is 0 Å². The van der Waals surface area contributed by atoms with Crippen LogP contribution in [-0.4, -0.2) is 28.6 Å². The molecular formula is C17H16N2O4S. The number of aliphatic hydroxyl groups is 1. The number of hydrogen-bond acceptors (Lipinski definition) is 6. The van der Waals surface area contributed by atoms with Crippen molar-refractivity contribution in [1.29, 1.82) is 0 Å². The monoisotopic (exact) mass is 344 g/mol. The summed E-state index contributed by atoms with van der Waals surface area (Å²) >= 11 is 4.49. The highest BCUT2D eigenvalue weighted by atomic mass is 32.1. The Kier molecular flexibility index (Phi) is 4.55. The highest BCUT2D eigenvalue weighted by Crippen LogP contribution is 2.34. The van der Waals surface area contributed by atoms with Crippen LogP contribution >= 0.6 is 12.6 Å². The molecule has 7 heteroatoms. The van der Waals surface area contributed by atoms with Crippen molar-refractivity contribution in [3.05, 3.63) is 69.3 Å². The summed E-state index contributed by atoms with van der Waals surface area (Å²) in [6, 6.07) is 11.3. The van der Waals surface area contributed by atoms with Gasteiger partial charge in [0.2, 0.25) is 5.90 Å². The van der Waals surface area contributed by atoms with Crippen molar-refractivity contribution >= 4 is 24.2 Å². The van der Waals surface area contributed by atoms with E-state index in [0.717, 1.165) is 16.0 Å². The number of hydrogen-bond donors (Lipinski definition) is 2. The fourth-order valence-corrected chi connectivity index (χ4v) is 3.02. The molecule has 0 spiro atoms. The minimum atomic E-state index is -0.458. The van der Waals surface area contributed by atoms with Crippen molar-refractivity contribution in [1.82, 2.24) is 0 Å². The molecule has 2 unspecified atom stereocenters. The van der Waals surface area contributed by atoms with Gasteiger partial charge in [0.25, 0.3) is 5.69 Å². The van der Waals surface area contributed by atoms with E-state index in [1.165, 1.54) is 12.1 Å². The molecule has 0 saturated heterocycles. The zero-order valence-electron chi connectivity index (χ0n) is 12.9. The van der Waals surface area contributed by atoms with Gasteiger partial charge in [-0.25, -0.2) is 4.99 Å². The Hall–Kier alpha value is -2.38. The van der Waals surface area contributed by atoms with E-state index in [4.69, 9.17) is 4.74 Å². The van der Waals surface area contributed by atoms with E-state index >= 15 is 0 Å². The van der Waals surface area contributed by atoms with Crippen LogP contribution in [0.15, 0.2) is 52.4 Å². The normalized spacial score (nSPS) is 19.7. The third-order valence-corrected chi connectivity index (χ3v) is 4.26. The van der Waals surface area contributed by atoms with Gasteiger partial charge in [-0.3, -0.25) is 10.1 Å². The first kappa shape index (κ1) is 16.5. The zero-order valence-corrected chi connectivity index (χ0v) is 13.8. The molecule has 0 fully saturated rings. The van der Waals surface area contributed by atoms with Crippen molar-refractivity contribution in [2.45, 2.75) is 24.0 Å². The average Bonchev–Trinajstić information content (AvgIpc) is 2.99. The Morgan fingerprint density at radius 3 is 2.58 bits per heavy atom. The number of nitrogens with zero attached hydrogens (tertiary/aromatic N) is 2. The van der Waals surface area contributed by atoms with E-state index < -0.39 is 17.1 Å². The molecule has 0 amide bonds. The van der Waals surface area contributed by atoms with E-state index in [2.05, 4.69) is 17.6 Å². The molecule has 124 valence electrons. The molecule has 0 saturated carbocycles. The van der Waals surface area contributed by atoms with E-state index in [1.807, 2.05) is 25.1 Å². The first-order chi connectivity index (χ1) is 11.5. The highest BCUT2D eigenvalue weighted by Gasteiger charge is 2.33. The summed E-state index contributed by atoms with van der Waals surface area (Å²) in [5, 5.41) is 20.4. The second-order valence-electron chi connectivity index (χ2n) is 5.59. The Bertz CT molecular complexity index is 805. The summed E-state index contributed by atoms with van der Waals surface area (Å²) in [6.07, 6.45) is -0.437. The van der Waals surface area contributed by atoms with Crippen LogP contribution < -0.4 is 0 Å². The molecule has 2 atom stereocenters. The van der Waals surface area contributed by atoms with Gasteiger partial charge in [0.05, 0.1) is 11.5 Å². The SMILES string of the molecule is Cc1ccc(C2OC(c3ccc([N+](=O)[O-])cc3)=NC2CO)c(S)c1. The molecule has 2 aromatic carbocycles. The number of aliphatic imine (C=N–C) groups is 1. The number of ether oxygens (including phenoxy) is 1. The second kappa shape index (κ2) is 6.62. The fourth-order valence-electron chi connectivity index (χ4n) is 2.62. The summed E-state index contributed by atoms with van der Waals surface area (Å²) < 4.78 is 5.93. The van der Waals surface area contributed by atoms with Crippen molar-refractivity contribution in [2.24, 2.45) is 4.99 Å². The van der Waals surface area contributed by atoms with Crippen molar-refractivity contribution < 1.29 is 14.8 Å². The van der Waals surface area contributed by atoms with E-state index in [1.54, 1.807) is 12.1 Å². The van der Waals surface area contributed by atoms with Gasteiger partial charge >= 0.3 is 0 Å².